The summed E-state index contributed by atoms with van der Waals surface area (Å²) < 4.78 is 30.8. The van der Waals surface area contributed by atoms with Crippen molar-refractivity contribution in [1.29, 1.82) is 0 Å². The number of hydrogen-bond acceptors (Lipinski definition) is 4. The maximum atomic E-state index is 11.5. The summed E-state index contributed by atoms with van der Waals surface area (Å²) >= 11 is 0. The van der Waals surface area contributed by atoms with Crippen molar-refractivity contribution in [2.45, 2.75) is 24.8 Å². The van der Waals surface area contributed by atoms with Gasteiger partial charge in [0.1, 0.15) is 0 Å². The van der Waals surface area contributed by atoms with E-state index in [0.29, 0.717) is 13.1 Å². The van der Waals surface area contributed by atoms with Crippen LogP contribution in [0.2, 0.25) is 0 Å². The van der Waals surface area contributed by atoms with Crippen LogP contribution in [0.25, 0.3) is 0 Å². The van der Waals surface area contributed by atoms with Crippen LogP contribution in [-0.2, 0) is 21.5 Å². The zero-order chi connectivity index (χ0) is 15.2. The van der Waals surface area contributed by atoms with Gasteiger partial charge in [-0.25, -0.2) is 0 Å². The Kier molecular flexibility index (Phi) is 6.12. The number of hydrogen-bond donors (Lipinski definition) is 2. The van der Waals surface area contributed by atoms with Gasteiger partial charge in [0.15, 0.2) is 0 Å². The van der Waals surface area contributed by atoms with Crippen molar-refractivity contribution in [3.8, 4) is 0 Å². The third kappa shape index (κ3) is 5.28. The van der Waals surface area contributed by atoms with E-state index in [2.05, 4.69) is 5.32 Å². The summed E-state index contributed by atoms with van der Waals surface area (Å²) in [7, 11) is -2.32. The third-order valence-electron chi connectivity index (χ3n) is 2.89. The van der Waals surface area contributed by atoms with Crippen molar-refractivity contribution < 1.29 is 17.8 Å². The molecule has 7 heteroatoms. The maximum Gasteiger partial charge on any atom is 0.294 e. The van der Waals surface area contributed by atoms with Gasteiger partial charge in [-0.2, -0.15) is 8.42 Å². The molecule has 0 radical (unpaired) electrons. The Balaban J connectivity index is 2.71. The van der Waals surface area contributed by atoms with E-state index < -0.39 is 10.1 Å². The van der Waals surface area contributed by atoms with Crippen molar-refractivity contribution in [1.82, 2.24) is 10.2 Å². The number of benzene rings is 1. The van der Waals surface area contributed by atoms with E-state index in [1.807, 2.05) is 7.05 Å². The standard InChI is InChI=1S/C13H20N2O4S/c1-11(16)15(9-3-8-14-2)10-12-4-6-13(7-5-12)20(17,18)19/h4-7,14H,3,8-10H2,1-2H3,(H,17,18,19). The Hall–Kier alpha value is -1.44. The first kappa shape index (κ1) is 16.6. The fourth-order valence-corrected chi connectivity index (χ4v) is 2.26. The maximum absolute atomic E-state index is 11.5. The molecule has 1 rings (SSSR count). The van der Waals surface area contributed by atoms with Gasteiger partial charge < -0.3 is 10.2 Å². The lowest BCUT2D eigenvalue weighted by atomic mass is 10.2. The second-order valence-electron chi connectivity index (χ2n) is 4.52. The zero-order valence-electron chi connectivity index (χ0n) is 11.7. The van der Waals surface area contributed by atoms with Crippen molar-refractivity contribution in [2.24, 2.45) is 0 Å². The first-order valence-electron chi connectivity index (χ1n) is 6.31. The molecule has 0 spiro atoms. The van der Waals surface area contributed by atoms with Crippen LogP contribution < -0.4 is 5.32 Å². The summed E-state index contributed by atoms with van der Waals surface area (Å²) in [6.45, 7) is 3.39. The molecule has 1 aromatic carbocycles. The third-order valence-corrected chi connectivity index (χ3v) is 3.76. The van der Waals surface area contributed by atoms with E-state index in [-0.39, 0.29) is 10.8 Å². The molecule has 0 aliphatic heterocycles. The highest BCUT2D eigenvalue weighted by Crippen LogP contribution is 2.12. The first-order chi connectivity index (χ1) is 9.34. The smallest absolute Gasteiger partial charge is 0.294 e. The molecule has 6 nitrogen and oxygen atoms in total. The predicted octanol–water partition coefficient (Wildman–Crippen LogP) is 0.891. The van der Waals surface area contributed by atoms with E-state index in [0.717, 1.165) is 18.5 Å². The Labute approximate surface area is 119 Å². The van der Waals surface area contributed by atoms with Gasteiger partial charge in [-0.15, -0.1) is 0 Å². The molecular formula is C13H20N2O4S. The molecule has 0 heterocycles. The molecule has 1 aromatic rings. The summed E-state index contributed by atoms with van der Waals surface area (Å²) in [6.07, 6.45) is 0.846. The van der Waals surface area contributed by atoms with Crippen LogP contribution in [0, 0.1) is 0 Å². The minimum Gasteiger partial charge on any atom is -0.339 e. The van der Waals surface area contributed by atoms with Crippen molar-refractivity contribution in [2.75, 3.05) is 20.1 Å². The quantitative estimate of drug-likeness (QED) is 0.577. The van der Waals surface area contributed by atoms with Crippen molar-refractivity contribution >= 4 is 16.0 Å². The molecule has 0 saturated heterocycles. The van der Waals surface area contributed by atoms with Crippen LogP contribution in [0.15, 0.2) is 29.2 Å². The van der Waals surface area contributed by atoms with Gasteiger partial charge in [0.2, 0.25) is 5.91 Å². The largest absolute Gasteiger partial charge is 0.339 e. The van der Waals surface area contributed by atoms with E-state index in [9.17, 15) is 13.2 Å². The SMILES string of the molecule is CNCCCN(Cc1ccc(S(=O)(=O)O)cc1)C(C)=O. The average Bonchev–Trinajstić information content (AvgIpc) is 2.37. The molecule has 0 aliphatic rings. The van der Waals surface area contributed by atoms with E-state index in [4.69, 9.17) is 4.55 Å². The summed E-state index contributed by atoms with van der Waals surface area (Å²) in [6, 6.07) is 5.85. The topological polar surface area (TPSA) is 86.7 Å². The summed E-state index contributed by atoms with van der Waals surface area (Å²) in [5.41, 5.74) is 0.817. The number of nitrogens with zero attached hydrogens (tertiary/aromatic N) is 1. The average molecular weight is 300 g/mol. The molecule has 2 N–H and O–H groups in total. The molecule has 0 fully saturated rings. The fraction of sp³-hybridized carbons (Fsp3) is 0.462. The fourth-order valence-electron chi connectivity index (χ4n) is 1.78. The lowest BCUT2D eigenvalue weighted by Crippen LogP contribution is -2.30. The molecule has 0 atom stereocenters. The number of carbonyl (C=O) groups excluding carboxylic acids is 1. The number of nitrogens with one attached hydrogen (secondary N) is 1. The highest BCUT2D eigenvalue weighted by Gasteiger charge is 2.11. The van der Waals surface area contributed by atoms with Crippen LogP contribution in [-0.4, -0.2) is 43.9 Å². The van der Waals surface area contributed by atoms with Gasteiger partial charge in [0.25, 0.3) is 10.1 Å². The van der Waals surface area contributed by atoms with E-state index in [1.54, 1.807) is 17.0 Å². The Morgan fingerprint density at radius 3 is 2.35 bits per heavy atom. The number of rotatable bonds is 7. The molecule has 0 aromatic heterocycles. The van der Waals surface area contributed by atoms with Crippen LogP contribution in [0.4, 0.5) is 0 Å². The minimum atomic E-state index is -4.17. The van der Waals surface area contributed by atoms with E-state index >= 15 is 0 Å². The van der Waals surface area contributed by atoms with Crippen molar-refractivity contribution in [3.63, 3.8) is 0 Å². The van der Waals surface area contributed by atoms with Gasteiger partial charge >= 0.3 is 0 Å². The second-order valence-corrected chi connectivity index (χ2v) is 5.94. The highest BCUT2D eigenvalue weighted by molar-refractivity contribution is 7.85. The monoisotopic (exact) mass is 300 g/mol. The van der Waals surface area contributed by atoms with Crippen LogP contribution in [0.1, 0.15) is 18.9 Å². The Bertz CT molecular complexity index is 540. The molecule has 0 aliphatic carbocycles. The lowest BCUT2D eigenvalue weighted by molar-refractivity contribution is -0.129. The molecule has 20 heavy (non-hydrogen) atoms. The van der Waals surface area contributed by atoms with Gasteiger partial charge in [0.05, 0.1) is 4.90 Å². The molecule has 0 saturated carbocycles. The van der Waals surface area contributed by atoms with Crippen molar-refractivity contribution in [3.05, 3.63) is 29.8 Å². The van der Waals surface area contributed by atoms with Gasteiger partial charge in [0, 0.05) is 20.0 Å². The minimum absolute atomic E-state index is 0.0278. The van der Waals surface area contributed by atoms with Crippen LogP contribution in [0.5, 0.6) is 0 Å². The summed E-state index contributed by atoms with van der Waals surface area (Å²) in [5, 5.41) is 3.02. The Morgan fingerprint density at radius 2 is 1.90 bits per heavy atom. The predicted molar refractivity (Wildman–Crippen MR) is 75.9 cm³/mol. The number of carbonyl (C=O) groups is 1. The molecule has 0 bridgehead atoms. The normalized spacial score (nSPS) is 11.3. The molecular weight excluding hydrogens is 280 g/mol. The van der Waals surface area contributed by atoms with Crippen LogP contribution in [0.3, 0.4) is 0 Å². The van der Waals surface area contributed by atoms with Gasteiger partial charge in [-0.1, -0.05) is 12.1 Å². The number of amides is 1. The Morgan fingerprint density at radius 1 is 1.30 bits per heavy atom. The zero-order valence-corrected chi connectivity index (χ0v) is 12.5. The molecule has 1 amide bonds. The van der Waals surface area contributed by atoms with E-state index in [1.165, 1.54) is 19.1 Å². The molecule has 0 unspecified atom stereocenters. The highest BCUT2D eigenvalue weighted by atomic mass is 32.2. The summed E-state index contributed by atoms with van der Waals surface area (Å²) in [5.74, 6) is -0.0278. The second kappa shape index (κ2) is 7.37. The first-order valence-corrected chi connectivity index (χ1v) is 7.75. The van der Waals surface area contributed by atoms with Crippen LogP contribution >= 0.6 is 0 Å². The van der Waals surface area contributed by atoms with Gasteiger partial charge in [-0.3, -0.25) is 9.35 Å². The molecule has 112 valence electrons. The summed E-state index contributed by atoms with van der Waals surface area (Å²) in [4.78, 5) is 13.1. The van der Waals surface area contributed by atoms with Gasteiger partial charge in [-0.05, 0) is 37.7 Å². The lowest BCUT2D eigenvalue weighted by Gasteiger charge is -2.21.